The first-order chi connectivity index (χ1) is 6.07. The average Bonchev–Trinajstić information content (AvgIpc) is 1.79. The summed E-state index contributed by atoms with van der Waals surface area (Å²) in [5, 5.41) is -1.07. The summed E-state index contributed by atoms with van der Waals surface area (Å²) in [4.78, 5) is 0. The van der Waals surface area contributed by atoms with Crippen LogP contribution in [0.4, 0.5) is 0 Å². The Labute approximate surface area is 86.3 Å². The SMILES string of the molecule is CC(C)NS(=O)(=O)CS(=N)(=O)C(C)C. The molecule has 0 aromatic carbocycles. The van der Waals surface area contributed by atoms with Crippen LogP contribution >= 0.6 is 0 Å². The lowest BCUT2D eigenvalue weighted by Gasteiger charge is -2.13. The van der Waals surface area contributed by atoms with Crippen molar-refractivity contribution < 1.29 is 12.6 Å². The number of sulfonamides is 1. The molecule has 0 heterocycles. The molecular formula is C7H18N2O3S2. The minimum absolute atomic E-state index is 0.234. The Hall–Kier alpha value is -0.140. The quantitative estimate of drug-likeness (QED) is 0.745. The van der Waals surface area contributed by atoms with Crippen molar-refractivity contribution in [2.75, 3.05) is 5.08 Å². The van der Waals surface area contributed by atoms with Crippen LogP contribution in [-0.4, -0.2) is 29.0 Å². The van der Waals surface area contributed by atoms with E-state index in [1.54, 1.807) is 27.7 Å². The van der Waals surface area contributed by atoms with Gasteiger partial charge in [0.2, 0.25) is 10.0 Å². The van der Waals surface area contributed by atoms with Crippen molar-refractivity contribution in [3.63, 3.8) is 0 Å². The predicted molar refractivity (Wildman–Crippen MR) is 58.1 cm³/mol. The summed E-state index contributed by atoms with van der Waals surface area (Å²) in [6.45, 7) is 6.53. The molecular weight excluding hydrogens is 224 g/mol. The van der Waals surface area contributed by atoms with Crippen LogP contribution in [0.25, 0.3) is 0 Å². The molecule has 7 heteroatoms. The fourth-order valence-corrected chi connectivity index (χ4v) is 4.68. The van der Waals surface area contributed by atoms with Gasteiger partial charge in [0.25, 0.3) is 0 Å². The lowest BCUT2D eigenvalue weighted by molar-refractivity contribution is 0.573. The molecule has 0 radical (unpaired) electrons. The van der Waals surface area contributed by atoms with E-state index in [2.05, 4.69) is 4.72 Å². The molecule has 1 unspecified atom stereocenters. The van der Waals surface area contributed by atoms with E-state index < -0.39 is 30.1 Å². The molecule has 1 atom stereocenters. The lowest BCUT2D eigenvalue weighted by Crippen LogP contribution is -2.36. The summed E-state index contributed by atoms with van der Waals surface area (Å²) in [7, 11) is -6.65. The Balaban J connectivity index is 4.70. The Bertz CT molecular complexity index is 368. The lowest BCUT2D eigenvalue weighted by atomic mass is 10.4. The maximum absolute atomic E-state index is 11.5. The highest BCUT2D eigenvalue weighted by atomic mass is 32.3. The zero-order chi connectivity index (χ0) is 11.6. The summed E-state index contributed by atoms with van der Waals surface area (Å²) in [6.07, 6.45) is 0. The molecule has 2 N–H and O–H groups in total. The summed E-state index contributed by atoms with van der Waals surface area (Å²) in [5.41, 5.74) is 0. The second-order valence-corrected chi connectivity index (χ2v) is 8.58. The van der Waals surface area contributed by atoms with Crippen molar-refractivity contribution in [1.29, 1.82) is 4.78 Å². The molecule has 0 saturated carbocycles. The Kier molecular flexibility index (Phi) is 4.54. The van der Waals surface area contributed by atoms with Gasteiger partial charge < -0.3 is 0 Å². The van der Waals surface area contributed by atoms with Crippen LogP contribution in [0.3, 0.4) is 0 Å². The van der Waals surface area contributed by atoms with Gasteiger partial charge in [-0.2, -0.15) is 0 Å². The van der Waals surface area contributed by atoms with Gasteiger partial charge in [0.05, 0.1) is 9.73 Å². The van der Waals surface area contributed by atoms with Crippen LogP contribution < -0.4 is 4.72 Å². The largest absolute Gasteiger partial charge is 0.252 e. The van der Waals surface area contributed by atoms with Gasteiger partial charge in [-0.1, -0.05) is 13.8 Å². The van der Waals surface area contributed by atoms with Crippen molar-refractivity contribution in [3.8, 4) is 0 Å². The van der Waals surface area contributed by atoms with Crippen LogP contribution in [0.5, 0.6) is 0 Å². The molecule has 0 rings (SSSR count). The monoisotopic (exact) mass is 242 g/mol. The van der Waals surface area contributed by atoms with Gasteiger partial charge >= 0.3 is 0 Å². The van der Waals surface area contributed by atoms with Crippen molar-refractivity contribution in [3.05, 3.63) is 0 Å². The summed E-state index contributed by atoms with van der Waals surface area (Å²) < 4.78 is 43.9. The molecule has 0 saturated heterocycles. The Morgan fingerprint density at radius 1 is 1.14 bits per heavy atom. The highest BCUT2D eigenvalue weighted by Crippen LogP contribution is 2.05. The van der Waals surface area contributed by atoms with Crippen LogP contribution in [0.1, 0.15) is 27.7 Å². The second-order valence-electron chi connectivity index (χ2n) is 3.78. The molecule has 0 spiro atoms. The zero-order valence-corrected chi connectivity index (χ0v) is 10.5. The number of nitrogens with one attached hydrogen (secondary N) is 2. The van der Waals surface area contributed by atoms with Crippen molar-refractivity contribution in [2.45, 2.75) is 39.0 Å². The van der Waals surface area contributed by atoms with E-state index in [-0.39, 0.29) is 6.04 Å². The van der Waals surface area contributed by atoms with Crippen LogP contribution in [-0.2, 0) is 19.8 Å². The van der Waals surface area contributed by atoms with Gasteiger partial charge in [-0.05, 0) is 13.8 Å². The van der Waals surface area contributed by atoms with E-state index in [1.807, 2.05) is 0 Å². The molecule has 14 heavy (non-hydrogen) atoms. The maximum Gasteiger partial charge on any atom is 0.224 e. The third-order valence-corrected chi connectivity index (χ3v) is 6.50. The first-order valence-electron chi connectivity index (χ1n) is 4.32. The zero-order valence-electron chi connectivity index (χ0n) is 8.90. The molecule has 0 amide bonds. The normalized spacial score (nSPS) is 17.3. The minimum atomic E-state index is -3.60. The Morgan fingerprint density at radius 2 is 1.57 bits per heavy atom. The standard InChI is InChI=1S/C7H18N2O3S2/c1-6(2)9-14(11,12)5-13(8,10)7(3)4/h6-9H,5H2,1-4H3. The highest BCUT2D eigenvalue weighted by Gasteiger charge is 2.22. The van der Waals surface area contributed by atoms with Crippen LogP contribution in [0.15, 0.2) is 0 Å². The molecule has 5 nitrogen and oxygen atoms in total. The van der Waals surface area contributed by atoms with E-state index in [4.69, 9.17) is 4.78 Å². The number of hydrogen-bond donors (Lipinski definition) is 2. The van der Waals surface area contributed by atoms with Gasteiger partial charge in [-0.3, -0.25) is 4.78 Å². The van der Waals surface area contributed by atoms with Crippen molar-refractivity contribution >= 4 is 19.8 Å². The number of hydrogen-bond acceptors (Lipinski definition) is 4. The van der Waals surface area contributed by atoms with Crippen LogP contribution in [0, 0.1) is 4.78 Å². The Morgan fingerprint density at radius 3 is 1.86 bits per heavy atom. The van der Waals surface area contributed by atoms with Gasteiger partial charge in [0.15, 0.2) is 0 Å². The third kappa shape index (κ3) is 4.92. The summed E-state index contributed by atoms with van der Waals surface area (Å²) in [5.74, 6) is 0. The van der Waals surface area contributed by atoms with E-state index >= 15 is 0 Å². The smallest absolute Gasteiger partial charge is 0.224 e. The van der Waals surface area contributed by atoms with Gasteiger partial charge in [-0.25, -0.2) is 17.3 Å². The van der Waals surface area contributed by atoms with E-state index in [0.717, 1.165) is 0 Å². The maximum atomic E-state index is 11.5. The summed E-state index contributed by atoms with van der Waals surface area (Å²) >= 11 is 0. The molecule has 0 aliphatic carbocycles. The van der Waals surface area contributed by atoms with Crippen LogP contribution in [0.2, 0.25) is 0 Å². The number of rotatable bonds is 5. The second kappa shape index (κ2) is 4.59. The van der Waals surface area contributed by atoms with Gasteiger partial charge in [-0.15, -0.1) is 0 Å². The molecule has 0 aliphatic rings. The van der Waals surface area contributed by atoms with E-state index in [1.165, 1.54) is 0 Å². The minimum Gasteiger partial charge on any atom is -0.252 e. The average molecular weight is 242 g/mol. The molecule has 0 bridgehead atoms. The predicted octanol–water partition coefficient (Wildman–Crippen LogP) is 0.727. The van der Waals surface area contributed by atoms with E-state index in [9.17, 15) is 12.6 Å². The molecule has 0 aromatic rings. The highest BCUT2D eigenvalue weighted by molar-refractivity contribution is 8.07. The molecule has 0 fully saturated rings. The van der Waals surface area contributed by atoms with Crippen molar-refractivity contribution in [1.82, 2.24) is 4.72 Å². The summed E-state index contributed by atoms with van der Waals surface area (Å²) in [6, 6.07) is -0.234. The van der Waals surface area contributed by atoms with Crippen molar-refractivity contribution in [2.24, 2.45) is 0 Å². The molecule has 0 aliphatic heterocycles. The van der Waals surface area contributed by atoms with Gasteiger partial charge in [0, 0.05) is 11.3 Å². The molecule has 0 aromatic heterocycles. The van der Waals surface area contributed by atoms with Gasteiger partial charge in [0.1, 0.15) is 5.08 Å². The fraction of sp³-hybridized carbons (Fsp3) is 1.00. The first kappa shape index (κ1) is 13.9. The molecule has 86 valence electrons. The third-order valence-electron chi connectivity index (χ3n) is 1.51. The van der Waals surface area contributed by atoms with E-state index in [0.29, 0.717) is 0 Å². The fourth-order valence-electron chi connectivity index (χ4n) is 0.760. The first-order valence-corrected chi connectivity index (χ1v) is 7.76. The topological polar surface area (TPSA) is 87.1 Å².